The van der Waals surface area contributed by atoms with Crippen molar-refractivity contribution in [3.05, 3.63) is 0 Å². The summed E-state index contributed by atoms with van der Waals surface area (Å²) in [6, 6.07) is -0.219. The Labute approximate surface area is 102 Å². The first-order valence-corrected chi connectivity index (χ1v) is 5.78. The van der Waals surface area contributed by atoms with E-state index in [1.54, 1.807) is 11.9 Å². The smallest absolute Gasteiger partial charge is 0.410 e. The van der Waals surface area contributed by atoms with Crippen LogP contribution in [0.5, 0.6) is 0 Å². The SMILES string of the molecule is CNC(=O)NC1CCN(C(=O)OC(C)(C)C)C1. The lowest BCUT2D eigenvalue weighted by molar-refractivity contribution is 0.0291. The van der Waals surface area contributed by atoms with Crippen LogP contribution in [0, 0.1) is 0 Å². The molecule has 0 spiro atoms. The van der Waals surface area contributed by atoms with Crippen molar-refractivity contribution in [1.29, 1.82) is 0 Å². The molecule has 0 saturated carbocycles. The van der Waals surface area contributed by atoms with Crippen molar-refractivity contribution >= 4 is 12.1 Å². The van der Waals surface area contributed by atoms with E-state index in [1.807, 2.05) is 20.8 Å². The second-order valence-corrected chi connectivity index (χ2v) is 5.14. The van der Waals surface area contributed by atoms with Gasteiger partial charge in [0.15, 0.2) is 0 Å². The van der Waals surface area contributed by atoms with E-state index in [0.29, 0.717) is 13.1 Å². The number of nitrogens with zero attached hydrogens (tertiary/aromatic N) is 1. The number of hydrogen-bond donors (Lipinski definition) is 2. The van der Waals surface area contributed by atoms with Crippen molar-refractivity contribution in [3.8, 4) is 0 Å². The Morgan fingerprint density at radius 1 is 1.35 bits per heavy atom. The molecule has 1 heterocycles. The summed E-state index contributed by atoms with van der Waals surface area (Å²) in [7, 11) is 1.57. The lowest BCUT2D eigenvalue weighted by atomic mass is 10.2. The maximum Gasteiger partial charge on any atom is 0.410 e. The van der Waals surface area contributed by atoms with Crippen molar-refractivity contribution in [2.24, 2.45) is 0 Å². The Balaban J connectivity index is 2.39. The van der Waals surface area contributed by atoms with Gasteiger partial charge in [-0.25, -0.2) is 9.59 Å². The van der Waals surface area contributed by atoms with Gasteiger partial charge in [0.25, 0.3) is 0 Å². The molecule has 1 rings (SSSR count). The van der Waals surface area contributed by atoms with Crippen molar-refractivity contribution in [1.82, 2.24) is 15.5 Å². The number of urea groups is 1. The lowest BCUT2D eigenvalue weighted by Crippen LogP contribution is -2.43. The molecule has 0 radical (unpaired) electrons. The largest absolute Gasteiger partial charge is 0.444 e. The monoisotopic (exact) mass is 243 g/mol. The molecule has 2 N–H and O–H groups in total. The maximum absolute atomic E-state index is 11.7. The first-order valence-electron chi connectivity index (χ1n) is 5.78. The molecule has 1 saturated heterocycles. The van der Waals surface area contributed by atoms with E-state index in [0.717, 1.165) is 6.42 Å². The molecule has 17 heavy (non-hydrogen) atoms. The molecular weight excluding hydrogens is 222 g/mol. The highest BCUT2D eigenvalue weighted by molar-refractivity contribution is 5.74. The zero-order valence-corrected chi connectivity index (χ0v) is 10.9. The zero-order chi connectivity index (χ0) is 13.1. The number of carbonyl (C=O) groups is 2. The number of ether oxygens (including phenoxy) is 1. The molecule has 3 amide bonds. The Morgan fingerprint density at radius 2 is 2.00 bits per heavy atom. The molecule has 0 aromatic heterocycles. The number of likely N-dealkylation sites (tertiary alicyclic amines) is 1. The molecule has 6 heteroatoms. The molecule has 6 nitrogen and oxygen atoms in total. The van der Waals surface area contributed by atoms with Crippen LogP contribution in [0.1, 0.15) is 27.2 Å². The molecule has 1 fully saturated rings. The molecule has 98 valence electrons. The quantitative estimate of drug-likeness (QED) is 0.719. The Hall–Kier alpha value is -1.46. The average Bonchev–Trinajstić information content (AvgIpc) is 2.63. The normalized spacial score (nSPS) is 20.0. The van der Waals surface area contributed by atoms with Crippen molar-refractivity contribution in [2.45, 2.75) is 38.8 Å². The molecule has 0 aromatic carbocycles. The summed E-state index contributed by atoms with van der Waals surface area (Å²) in [6.07, 6.45) is 0.436. The third kappa shape index (κ3) is 4.50. The van der Waals surface area contributed by atoms with Crippen LogP contribution < -0.4 is 10.6 Å². The van der Waals surface area contributed by atoms with Crippen molar-refractivity contribution in [3.63, 3.8) is 0 Å². The topological polar surface area (TPSA) is 70.7 Å². The van der Waals surface area contributed by atoms with Gasteiger partial charge in [0.05, 0.1) is 0 Å². The molecule has 1 atom stereocenters. The number of amides is 3. The zero-order valence-electron chi connectivity index (χ0n) is 10.9. The van der Waals surface area contributed by atoms with Crippen LogP contribution in [0.25, 0.3) is 0 Å². The fourth-order valence-corrected chi connectivity index (χ4v) is 1.63. The first kappa shape index (κ1) is 13.6. The summed E-state index contributed by atoms with van der Waals surface area (Å²) in [4.78, 5) is 24.5. The van der Waals surface area contributed by atoms with Crippen LogP contribution in [0.4, 0.5) is 9.59 Å². The highest BCUT2D eigenvalue weighted by atomic mass is 16.6. The predicted octanol–water partition coefficient (Wildman–Crippen LogP) is 0.925. The van der Waals surface area contributed by atoms with Crippen LogP contribution in [0.3, 0.4) is 0 Å². The number of carbonyl (C=O) groups excluding carboxylic acids is 2. The van der Waals surface area contributed by atoms with E-state index in [9.17, 15) is 9.59 Å². The number of rotatable bonds is 1. The third-order valence-electron chi connectivity index (χ3n) is 2.40. The second kappa shape index (κ2) is 5.25. The fraction of sp³-hybridized carbons (Fsp3) is 0.818. The van der Waals surface area contributed by atoms with Gasteiger partial charge in [0.2, 0.25) is 0 Å². The maximum atomic E-state index is 11.7. The summed E-state index contributed by atoms with van der Waals surface area (Å²) >= 11 is 0. The minimum absolute atomic E-state index is 0.00229. The van der Waals surface area contributed by atoms with E-state index in [2.05, 4.69) is 10.6 Å². The molecule has 1 aliphatic rings. The van der Waals surface area contributed by atoms with Gasteiger partial charge in [-0.05, 0) is 27.2 Å². The van der Waals surface area contributed by atoms with Gasteiger partial charge in [-0.1, -0.05) is 0 Å². The van der Waals surface area contributed by atoms with Gasteiger partial charge in [-0.15, -0.1) is 0 Å². The summed E-state index contributed by atoms with van der Waals surface area (Å²) in [5, 5.41) is 5.27. The van der Waals surface area contributed by atoms with Crippen LogP contribution in [0.15, 0.2) is 0 Å². The molecule has 0 bridgehead atoms. The molecule has 1 aliphatic heterocycles. The van der Waals surface area contributed by atoms with Crippen molar-refractivity contribution in [2.75, 3.05) is 20.1 Å². The minimum atomic E-state index is -0.483. The van der Waals surface area contributed by atoms with Gasteiger partial charge in [0.1, 0.15) is 5.60 Å². The van der Waals surface area contributed by atoms with Gasteiger partial charge < -0.3 is 20.3 Å². The minimum Gasteiger partial charge on any atom is -0.444 e. The van der Waals surface area contributed by atoms with Gasteiger partial charge >= 0.3 is 12.1 Å². The standard InChI is InChI=1S/C11H21N3O3/c1-11(2,3)17-10(16)14-6-5-8(7-14)13-9(15)12-4/h8H,5-7H2,1-4H3,(H2,12,13,15). The Morgan fingerprint density at radius 3 is 2.53 bits per heavy atom. The molecular formula is C11H21N3O3. The van der Waals surface area contributed by atoms with Crippen LogP contribution >= 0.6 is 0 Å². The van der Waals surface area contributed by atoms with Crippen LogP contribution in [-0.2, 0) is 4.74 Å². The van der Waals surface area contributed by atoms with E-state index in [1.165, 1.54) is 0 Å². The molecule has 0 aromatic rings. The molecule has 1 unspecified atom stereocenters. The highest BCUT2D eigenvalue weighted by Gasteiger charge is 2.30. The Bertz CT molecular complexity index is 299. The Kier molecular flexibility index (Phi) is 4.20. The highest BCUT2D eigenvalue weighted by Crippen LogP contribution is 2.15. The third-order valence-corrected chi connectivity index (χ3v) is 2.40. The summed E-state index contributed by atoms with van der Waals surface area (Å²) in [5.74, 6) is 0. The summed E-state index contributed by atoms with van der Waals surface area (Å²) < 4.78 is 5.26. The van der Waals surface area contributed by atoms with E-state index in [-0.39, 0.29) is 18.2 Å². The van der Waals surface area contributed by atoms with Gasteiger partial charge in [-0.2, -0.15) is 0 Å². The van der Waals surface area contributed by atoms with E-state index >= 15 is 0 Å². The van der Waals surface area contributed by atoms with Gasteiger partial charge in [0, 0.05) is 26.2 Å². The number of nitrogens with one attached hydrogen (secondary N) is 2. The lowest BCUT2D eigenvalue weighted by Gasteiger charge is -2.24. The predicted molar refractivity (Wildman–Crippen MR) is 63.8 cm³/mol. The summed E-state index contributed by atoms with van der Waals surface area (Å²) in [5.41, 5.74) is -0.483. The fourth-order valence-electron chi connectivity index (χ4n) is 1.63. The average molecular weight is 243 g/mol. The molecule has 0 aliphatic carbocycles. The van der Waals surface area contributed by atoms with E-state index < -0.39 is 5.60 Å². The number of hydrogen-bond acceptors (Lipinski definition) is 3. The summed E-state index contributed by atoms with van der Waals surface area (Å²) in [6.45, 7) is 6.62. The van der Waals surface area contributed by atoms with Gasteiger partial charge in [-0.3, -0.25) is 0 Å². The van der Waals surface area contributed by atoms with E-state index in [4.69, 9.17) is 4.74 Å². The first-order chi connectivity index (χ1) is 7.81. The van der Waals surface area contributed by atoms with Crippen LogP contribution in [0.2, 0.25) is 0 Å². The van der Waals surface area contributed by atoms with Crippen molar-refractivity contribution < 1.29 is 14.3 Å². The van der Waals surface area contributed by atoms with Crippen LogP contribution in [-0.4, -0.2) is 48.8 Å². The second-order valence-electron chi connectivity index (χ2n) is 5.14.